The maximum absolute atomic E-state index is 6.79. The van der Waals surface area contributed by atoms with E-state index in [9.17, 15) is 0 Å². The molecule has 3 aliphatic rings. The Hall–Kier alpha value is -2.76. The Bertz CT molecular complexity index is 1730. The largest absolute Gasteiger partial charge is 0.387 e. The van der Waals surface area contributed by atoms with Crippen LogP contribution in [0.5, 0.6) is 0 Å². The summed E-state index contributed by atoms with van der Waals surface area (Å²) in [4.78, 5) is 12.6. The molecule has 0 spiro atoms. The molecule has 0 aromatic heterocycles. The highest BCUT2D eigenvalue weighted by Crippen LogP contribution is 2.53. The van der Waals surface area contributed by atoms with Crippen molar-refractivity contribution in [2.24, 2.45) is 10.3 Å². The smallest absolute Gasteiger partial charge is 0.180 e. The molecule has 7 rings (SSSR count). The van der Waals surface area contributed by atoms with Gasteiger partial charge in [-0.1, -0.05) is 93.1 Å². The maximum Gasteiger partial charge on any atom is 0.180 e. The van der Waals surface area contributed by atoms with Gasteiger partial charge in [0, 0.05) is 31.2 Å². The molecule has 2 heterocycles. The lowest BCUT2D eigenvalue weighted by molar-refractivity contribution is -0.0592. The molecule has 4 nitrogen and oxygen atoms in total. The van der Waals surface area contributed by atoms with Gasteiger partial charge in [-0.2, -0.15) is 0 Å². The van der Waals surface area contributed by atoms with Crippen molar-refractivity contribution in [3.63, 3.8) is 0 Å². The molecule has 2 aliphatic heterocycles. The third kappa shape index (κ3) is 3.75. The summed E-state index contributed by atoms with van der Waals surface area (Å²) in [6, 6.07) is 12.9. The van der Waals surface area contributed by atoms with Crippen LogP contribution in [0, 0.1) is 41.5 Å². The van der Waals surface area contributed by atoms with Crippen LogP contribution in [0.4, 0.5) is 0 Å². The molecule has 42 heavy (non-hydrogen) atoms. The molecule has 0 N–H and O–H groups in total. The molecule has 0 radical (unpaired) electrons. The van der Waals surface area contributed by atoms with Gasteiger partial charge in [0.15, 0.2) is 12.2 Å². The van der Waals surface area contributed by atoms with Crippen LogP contribution in [-0.4, -0.2) is 23.6 Å². The first-order valence-corrected chi connectivity index (χ1v) is 15.4. The summed E-state index contributed by atoms with van der Waals surface area (Å²) in [6.07, 6.45) is -0.816. The summed E-state index contributed by atoms with van der Waals surface area (Å²) in [6.45, 7) is 11.9. The summed E-state index contributed by atoms with van der Waals surface area (Å²) in [5.41, 5.74) is 11.2. The van der Waals surface area contributed by atoms with Gasteiger partial charge in [-0.3, -0.25) is 0 Å². The van der Waals surface area contributed by atoms with Gasteiger partial charge < -0.3 is 9.68 Å². The average molecular weight is 638 g/mol. The number of fused-ring (bicyclic) bond motifs is 7. The molecule has 0 fully saturated rings. The van der Waals surface area contributed by atoms with Gasteiger partial charge in [0.25, 0.3) is 0 Å². The summed E-state index contributed by atoms with van der Waals surface area (Å²) in [5.74, 6) is -0.417. The van der Waals surface area contributed by atoms with Gasteiger partial charge in [-0.25, -0.2) is 0 Å². The number of hydrogen-bond donors (Lipinski definition) is 0. The van der Waals surface area contributed by atoms with Crippen molar-refractivity contribution in [3.8, 4) is 0 Å². The highest BCUT2D eigenvalue weighted by atomic mass is 35.5. The van der Waals surface area contributed by atoms with Gasteiger partial charge in [-0.15, -0.1) is 0 Å². The van der Waals surface area contributed by atoms with Gasteiger partial charge in [0.05, 0.1) is 23.3 Å². The molecule has 0 saturated carbocycles. The molecule has 0 saturated heterocycles. The van der Waals surface area contributed by atoms with Gasteiger partial charge >= 0.3 is 0 Å². The van der Waals surface area contributed by atoms with Crippen molar-refractivity contribution in [1.29, 1.82) is 0 Å². The van der Waals surface area contributed by atoms with Crippen molar-refractivity contribution in [3.05, 3.63) is 112 Å². The fourth-order valence-electron chi connectivity index (χ4n) is 7.23. The molecule has 4 aromatic carbocycles. The Kier molecular flexibility index (Phi) is 6.60. The Labute approximate surface area is 265 Å². The second-order valence-electron chi connectivity index (χ2n) is 11.6. The van der Waals surface area contributed by atoms with Crippen LogP contribution >= 0.6 is 46.4 Å². The van der Waals surface area contributed by atoms with Crippen LogP contribution in [0.1, 0.15) is 67.5 Å². The van der Waals surface area contributed by atoms with Gasteiger partial charge in [-0.05, 0) is 96.8 Å². The number of nitrogens with zero attached hydrogens (tertiary/aromatic N) is 2. The van der Waals surface area contributed by atoms with E-state index in [1.54, 1.807) is 0 Å². The third-order valence-corrected chi connectivity index (χ3v) is 11.7. The second kappa shape index (κ2) is 9.89. The number of hydrogen-bond acceptors (Lipinski definition) is 4. The van der Waals surface area contributed by atoms with Crippen LogP contribution in [0.2, 0.25) is 20.1 Å². The molecule has 0 bridgehead atoms. The van der Waals surface area contributed by atoms with E-state index in [0.717, 1.165) is 77.8 Å². The molecule has 1 aliphatic carbocycles. The van der Waals surface area contributed by atoms with E-state index < -0.39 is 12.2 Å². The van der Waals surface area contributed by atoms with Gasteiger partial charge in [0.1, 0.15) is 0 Å². The zero-order valence-corrected chi connectivity index (χ0v) is 27.0. The van der Waals surface area contributed by atoms with Crippen molar-refractivity contribution in [2.75, 3.05) is 0 Å². The molecule has 4 aromatic rings. The van der Waals surface area contributed by atoms with Crippen LogP contribution in [-0.2, 0) is 9.68 Å². The minimum atomic E-state index is -0.408. The summed E-state index contributed by atoms with van der Waals surface area (Å²) < 4.78 is 0. The van der Waals surface area contributed by atoms with Gasteiger partial charge in [0.2, 0.25) is 0 Å². The summed E-state index contributed by atoms with van der Waals surface area (Å²) in [5, 5.41) is 14.3. The van der Waals surface area contributed by atoms with E-state index in [0.29, 0.717) is 20.1 Å². The second-order valence-corrected chi connectivity index (χ2v) is 13.1. The highest BCUT2D eigenvalue weighted by molar-refractivity contribution is 6.39. The Morgan fingerprint density at radius 2 is 0.857 bits per heavy atom. The first kappa shape index (κ1) is 28.0. The fraction of sp³-hybridized carbons (Fsp3) is 0.294. The SMILES string of the molecule is Cc1c(Cl)c(C)c(C2=NO[C@H]3[C@@H]4ON=C(c5c(C)c(Cl)c(C)c(Cl)c5C)[C@@H]4c4cc5ccccc5cc4[C@@H]23)c(C)c1Cl. The van der Waals surface area contributed by atoms with Crippen LogP contribution in [0.25, 0.3) is 10.8 Å². The Morgan fingerprint density at radius 3 is 1.19 bits per heavy atom. The average Bonchev–Trinajstić information content (AvgIpc) is 3.62. The summed E-state index contributed by atoms with van der Waals surface area (Å²) in [7, 11) is 0. The molecule has 4 atom stereocenters. The number of halogens is 4. The lowest BCUT2D eigenvalue weighted by atomic mass is 9.67. The van der Waals surface area contributed by atoms with Crippen molar-refractivity contribution >= 4 is 68.6 Å². The first-order valence-electron chi connectivity index (χ1n) is 13.9. The van der Waals surface area contributed by atoms with Crippen LogP contribution in [0.3, 0.4) is 0 Å². The van der Waals surface area contributed by atoms with Crippen LogP contribution < -0.4 is 0 Å². The van der Waals surface area contributed by atoms with E-state index in [1.807, 2.05) is 41.5 Å². The molecule has 0 amide bonds. The van der Waals surface area contributed by atoms with E-state index in [1.165, 1.54) is 0 Å². The van der Waals surface area contributed by atoms with Crippen molar-refractivity contribution in [2.45, 2.75) is 65.6 Å². The molecule has 0 unspecified atom stereocenters. The molecule has 8 heteroatoms. The lowest BCUT2D eigenvalue weighted by Crippen LogP contribution is -2.43. The Morgan fingerprint density at radius 1 is 0.524 bits per heavy atom. The first-order chi connectivity index (χ1) is 20.0. The minimum Gasteiger partial charge on any atom is -0.387 e. The minimum absolute atomic E-state index is 0.208. The van der Waals surface area contributed by atoms with Crippen LogP contribution in [0.15, 0.2) is 46.7 Å². The Balaban J connectivity index is 1.47. The lowest BCUT2D eigenvalue weighted by Gasteiger charge is -2.36. The fourth-order valence-corrected chi connectivity index (χ4v) is 8.09. The monoisotopic (exact) mass is 636 g/mol. The molecule has 214 valence electrons. The molecular weight excluding hydrogens is 610 g/mol. The zero-order valence-electron chi connectivity index (χ0n) is 24.0. The van der Waals surface area contributed by atoms with E-state index in [4.69, 9.17) is 66.4 Å². The molecular formula is C34H28Cl4N2O2. The normalized spacial score (nSPS) is 22.2. The number of benzene rings is 4. The topological polar surface area (TPSA) is 43.2 Å². The number of rotatable bonds is 2. The maximum atomic E-state index is 6.79. The quantitative estimate of drug-likeness (QED) is 0.219. The van der Waals surface area contributed by atoms with Crippen molar-refractivity contribution < 1.29 is 9.68 Å². The third-order valence-electron chi connectivity index (χ3n) is 9.38. The predicted octanol–water partition coefficient (Wildman–Crippen LogP) is 10.1. The zero-order chi connectivity index (χ0) is 29.8. The van der Waals surface area contributed by atoms with Crippen molar-refractivity contribution in [1.82, 2.24) is 0 Å². The van der Waals surface area contributed by atoms with E-state index in [2.05, 4.69) is 36.4 Å². The van der Waals surface area contributed by atoms with E-state index in [-0.39, 0.29) is 11.8 Å². The number of oxime groups is 2. The predicted molar refractivity (Wildman–Crippen MR) is 174 cm³/mol. The van der Waals surface area contributed by atoms with E-state index >= 15 is 0 Å². The summed E-state index contributed by atoms with van der Waals surface area (Å²) >= 11 is 27.2. The standard InChI is InChI=1S/C34H28Cl4N2O2/c1-13-23(14(2)28(36)17(5)27(13)35)31-25-21-11-19-9-7-8-10-20(19)12-22(21)26-32(40-42-34(26)33(25)41-39-31)24-15(3)29(37)18(6)30(38)16(24)4/h7-12,25-26,33-34H,1-6H3/t25-,26-,33+,34+/m0/s1. The highest BCUT2D eigenvalue weighted by Gasteiger charge is 2.56.